The first kappa shape index (κ1) is 25.3. The second-order valence-electron chi connectivity index (χ2n) is 10.8. The molecule has 192 valence electrons. The van der Waals surface area contributed by atoms with Gasteiger partial charge in [-0.2, -0.15) is 0 Å². The summed E-state index contributed by atoms with van der Waals surface area (Å²) in [6.07, 6.45) is 12.8. The highest BCUT2D eigenvalue weighted by Gasteiger charge is 2.42. The fourth-order valence-electron chi connectivity index (χ4n) is 5.69. The minimum atomic E-state index is -2.53. The highest BCUT2D eigenvalue weighted by molar-refractivity contribution is 5.95. The number of pyridine rings is 1. The molecule has 0 amide bonds. The van der Waals surface area contributed by atoms with Gasteiger partial charge in [0.15, 0.2) is 0 Å². The molecule has 0 spiro atoms. The van der Waals surface area contributed by atoms with Crippen LogP contribution in [-0.4, -0.2) is 22.6 Å². The van der Waals surface area contributed by atoms with E-state index in [-0.39, 0.29) is 24.2 Å². The Morgan fingerprint density at radius 3 is 2.41 bits per heavy atom. The van der Waals surface area contributed by atoms with Crippen molar-refractivity contribution in [2.24, 2.45) is 5.92 Å². The van der Waals surface area contributed by atoms with E-state index >= 15 is 0 Å². The molecule has 0 aliphatic heterocycles. The second-order valence-corrected chi connectivity index (χ2v) is 10.8. The maximum atomic E-state index is 13.8. The molecular formula is C32H34F2N2O. The molecule has 5 rings (SSSR count). The molecule has 0 unspecified atom stereocenters. The summed E-state index contributed by atoms with van der Waals surface area (Å²) in [6.45, 7) is 8.71. The summed E-state index contributed by atoms with van der Waals surface area (Å²) in [6, 6.07) is 10.6. The van der Waals surface area contributed by atoms with Crippen molar-refractivity contribution in [3.63, 3.8) is 0 Å². The van der Waals surface area contributed by atoms with Gasteiger partial charge in [0.1, 0.15) is 5.76 Å². The van der Waals surface area contributed by atoms with Crippen molar-refractivity contribution in [3.05, 3.63) is 71.8 Å². The molecule has 0 radical (unpaired) electrons. The number of aromatic nitrogens is 2. The van der Waals surface area contributed by atoms with E-state index in [2.05, 4.69) is 53.6 Å². The minimum Gasteiger partial charge on any atom is -0.501 e. The molecule has 0 atom stereocenters. The predicted molar refractivity (Wildman–Crippen MR) is 146 cm³/mol. The van der Waals surface area contributed by atoms with Crippen LogP contribution in [0.5, 0.6) is 0 Å². The third kappa shape index (κ3) is 4.82. The summed E-state index contributed by atoms with van der Waals surface area (Å²) >= 11 is 0. The lowest BCUT2D eigenvalue weighted by Crippen LogP contribution is -2.26. The third-order valence-corrected chi connectivity index (χ3v) is 8.16. The Morgan fingerprint density at radius 2 is 1.84 bits per heavy atom. The van der Waals surface area contributed by atoms with Crippen LogP contribution in [0.15, 0.2) is 60.6 Å². The van der Waals surface area contributed by atoms with E-state index in [0.717, 1.165) is 57.5 Å². The number of rotatable bonds is 7. The van der Waals surface area contributed by atoms with Gasteiger partial charge in [0, 0.05) is 48.5 Å². The van der Waals surface area contributed by atoms with E-state index in [4.69, 9.17) is 16.1 Å². The summed E-state index contributed by atoms with van der Waals surface area (Å²) in [5, 5.41) is 0. The van der Waals surface area contributed by atoms with Crippen molar-refractivity contribution >= 4 is 16.6 Å². The number of alkyl halides is 2. The maximum absolute atomic E-state index is 13.8. The molecule has 0 bridgehead atoms. The largest absolute Gasteiger partial charge is 0.501 e. The zero-order valence-electron chi connectivity index (χ0n) is 21.9. The zero-order valence-corrected chi connectivity index (χ0v) is 21.9. The van der Waals surface area contributed by atoms with Crippen LogP contribution >= 0.6 is 0 Å². The Hall–Kier alpha value is -3.39. The van der Waals surface area contributed by atoms with Crippen LogP contribution < -0.4 is 0 Å². The average Bonchev–Trinajstić information content (AvgIpc) is 3.61. The van der Waals surface area contributed by atoms with Crippen molar-refractivity contribution in [2.45, 2.75) is 70.3 Å². The predicted octanol–water partition coefficient (Wildman–Crippen LogP) is 8.15. The molecule has 2 aromatic heterocycles. The summed E-state index contributed by atoms with van der Waals surface area (Å²) in [4.78, 5) is 4.91. The van der Waals surface area contributed by atoms with Gasteiger partial charge in [-0.3, -0.25) is 4.98 Å². The molecule has 1 aromatic carbocycles. The number of nitrogens with zero attached hydrogens (tertiary/aromatic N) is 2. The first-order valence-corrected chi connectivity index (χ1v) is 13.0. The Bertz CT molecular complexity index is 1410. The van der Waals surface area contributed by atoms with Gasteiger partial charge in [-0.15, -0.1) is 6.42 Å². The number of benzene rings is 1. The SMILES string of the molecule is C#CC1(c2ccc(-c3cn(CC4CCC(F)(F)CC4)c4cc(/C(C(=C)C)=C(\C)OC)cnc34)cc2)CC1. The van der Waals surface area contributed by atoms with Gasteiger partial charge in [0.2, 0.25) is 5.92 Å². The summed E-state index contributed by atoms with van der Waals surface area (Å²) < 4.78 is 35.4. The molecule has 2 aliphatic rings. The lowest BCUT2D eigenvalue weighted by molar-refractivity contribution is -0.0472. The third-order valence-electron chi connectivity index (χ3n) is 8.16. The van der Waals surface area contributed by atoms with Crippen LogP contribution in [0.25, 0.3) is 27.7 Å². The number of ether oxygens (including phenoxy) is 1. The van der Waals surface area contributed by atoms with Crippen LogP contribution in [-0.2, 0) is 16.7 Å². The number of methoxy groups -OCH3 is 1. The molecule has 2 saturated carbocycles. The van der Waals surface area contributed by atoms with E-state index in [1.165, 1.54) is 5.56 Å². The van der Waals surface area contributed by atoms with Gasteiger partial charge in [-0.1, -0.05) is 36.8 Å². The Kier molecular flexibility index (Phi) is 6.48. The second kappa shape index (κ2) is 9.49. The number of terminal acetylenes is 1. The van der Waals surface area contributed by atoms with Crippen LogP contribution in [0.4, 0.5) is 8.78 Å². The summed E-state index contributed by atoms with van der Waals surface area (Å²) in [7, 11) is 1.65. The van der Waals surface area contributed by atoms with Crippen molar-refractivity contribution in [2.75, 3.05) is 7.11 Å². The van der Waals surface area contributed by atoms with E-state index in [9.17, 15) is 8.78 Å². The maximum Gasteiger partial charge on any atom is 0.248 e. The minimum absolute atomic E-state index is 0.0405. The molecule has 3 aromatic rings. The fourth-order valence-corrected chi connectivity index (χ4v) is 5.69. The molecular weight excluding hydrogens is 466 g/mol. The summed E-state index contributed by atoms with van der Waals surface area (Å²) in [5.41, 5.74) is 7.82. The Balaban J connectivity index is 1.58. The number of allylic oxidation sites excluding steroid dienone is 3. The van der Waals surface area contributed by atoms with Gasteiger partial charge in [0.25, 0.3) is 0 Å². The van der Waals surface area contributed by atoms with E-state index in [1.54, 1.807) is 7.11 Å². The lowest BCUT2D eigenvalue weighted by Gasteiger charge is -2.28. The molecule has 3 nitrogen and oxygen atoms in total. The number of halogens is 2. The van der Waals surface area contributed by atoms with E-state index in [0.29, 0.717) is 19.4 Å². The monoisotopic (exact) mass is 500 g/mol. The molecule has 0 N–H and O–H groups in total. The fraction of sp³-hybridized carbons (Fsp3) is 0.406. The van der Waals surface area contributed by atoms with Gasteiger partial charge >= 0.3 is 0 Å². The molecule has 37 heavy (non-hydrogen) atoms. The standard InChI is InChI=1S/C32H34F2N2O/c1-6-31(15-16-31)26-9-7-24(8-10-26)27-20-36(19-23-11-13-32(33,34)14-12-23)28-17-25(18-35-30(27)28)29(21(2)3)22(4)37-5/h1,7-10,17-18,20,23H,2,11-16,19H2,3-5H3/b29-22+. The number of hydrogen-bond acceptors (Lipinski definition) is 2. The van der Waals surface area contributed by atoms with Gasteiger partial charge in [-0.05, 0) is 68.2 Å². The normalized spacial score (nSPS) is 19.2. The smallest absolute Gasteiger partial charge is 0.248 e. The lowest BCUT2D eigenvalue weighted by atomic mass is 9.87. The molecule has 5 heteroatoms. The van der Waals surface area contributed by atoms with E-state index < -0.39 is 5.92 Å². The van der Waals surface area contributed by atoms with Crippen molar-refractivity contribution in [1.82, 2.24) is 9.55 Å². The van der Waals surface area contributed by atoms with Crippen molar-refractivity contribution in [3.8, 4) is 23.5 Å². The molecule has 2 aliphatic carbocycles. The van der Waals surface area contributed by atoms with Crippen LogP contribution in [0.2, 0.25) is 0 Å². The zero-order chi connectivity index (χ0) is 26.4. The number of fused-ring (bicyclic) bond motifs is 1. The number of hydrogen-bond donors (Lipinski definition) is 0. The van der Waals surface area contributed by atoms with Gasteiger partial charge in [0.05, 0.1) is 23.6 Å². The van der Waals surface area contributed by atoms with Crippen molar-refractivity contribution < 1.29 is 13.5 Å². The molecule has 0 saturated heterocycles. The van der Waals surface area contributed by atoms with Crippen LogP contribution in [0.3, 0.4) is 0 Å². The van der Waals surface area contributed by atoms with Crippen LogP contribution in [0, 0.1) is 18.3 Å². The first-order valence-electron chi connectivity index (χ1n) is 13.0. The first-order chi connectivity index (χ1) is 17.7. The van der Waals surface area contributed by atoms with Crippen LogP contribution in [0.1, 0.15) is 63.5 Å². The average molecular weight is 501 g/mol. The summed E-state index contributed by atoms with van der Waals surface area (Å²) in [5.74, 6) is 1.41. The highest BCUT2D eigenvalue weighted by Crippen LogP contribution is 2.48. The van der Waals surface area contributed by atoms with Gasteiger partial charge in [-0.25, -0.2) is 8.78 Å². The quantitative estimate of drug-likeness (QED) is 0.186. The highest BCUT2D eigenvalue weighted by atomic mass is 19.3. The van der Waals surface area contributed by atoms with Crippen molar-refractivity contribution in [1.29, 1.82) is 0 Å². The Morgan fingerprint density at radius 1 is 1.16 bits per heavy atom. The van der Waals surface area contributed by atoms with Gasteiger partial charge < -0.3 is 9.30 Å². The Labute approximate surface area is 218 Å². The molecule has 2 fully saturated rings. The van der Waals surface area contributed by atoms with E-state index in [1.807, 2.05) is 20.0 Å². The molecule has 2 heterocycles. The topological polar surface area (TPSA) is 27.1 Å².